The van der Waals surface area contributed by atoms with E-state index in [1.165, 1.54) is 16.0 Å². The van der Waals surface area contributed by atoms with Crippen LogP contribution in [-0.4, -0.2) is 126 Å². The van der Waals surface area contributed by atoms with Gasteiger partial charge in [-0.2, -0.15) is 0 Å². The number of nitrogens with one attached hydrogen (secondary N) is 2. The maximum absolute atomic E-state index is 14.1. The number of nitrogens with zero attached hydrogens (tertiary/aromatic N) is 7. The second-order valence-electron chi connectivity index (χ2n) is 20.5. The summed E-state index contributed by atoms with van der Waals surface area (Å²) in [5.74, 6) is -0.0613. The van der Waals surface area contributed by atoms with Gasteiger partial charge in [0.05, 0.1) is 28.3 Å². The first-order valence-electron chi connectivity index (χ1n) is 24.8. The fraction of sp³-hybridized carbons (Fsp3) is 0.547. The van der Waals surface area contributed by atoms with Crippen LogP contribution in [0.4, 0.5) is 0 Å². The highest BCUT2D eigenvalue weighted by atomic mass is 32.1. The van der Waals surface area contributed by atoms with Crippen molar-refractivity contribution < 1.29 is 24.6 Å². The number of likely N-dealkylation sites (tertiary alicyclic amines) is 1. The summed E-state index contributed by atoms with van der Waals surface area (Å²) in [6.07, 6.45) is 11.0. The standard InChI is InChI=1S/C53H71N9O5S/c1-35-48(68-34-56-35)40-17-11-37(12-18-40)29-55-51(66)46-28-43(64)32-62(46)52(67)49(53(3,4)5)58-47(65)10-8-6-7-9-23-59-24-26-60(27-25-59)31-38-13-15-39(16-14-38)45-33-61(41-19-21-42(63)22-20-41)50-44(45)30-54-36(2)57-50/h11-18,30,33-34,41-43,46,49,63-64H,6-10,19-29,31-32H2,1-5H3,(H,55,66)(H,58,65)/t41?,42?,43-,46+,49-/m1/s1. The molecule has 5 aromatic rings. The third-order valence-electron chi connectivity index (χ3n) is 14.2. The average molecular weight is 946 g/mol. The first-order valence-corrected chi connectivity index (χ1v) is 25.7. The highest BCUT2D eigenvalue weighted by molar-refractivity contribution is 7.13. The zero-order valence-corrected chi connectivity index (χ0v) is 41.4. The Morgan fingerprint density at radius 1 is 0.824 bits per heavy atom. The molecule has 2 aliphatic heterocycles. The minimum absolute atomic E-state index is 0.0464. The topological polar surface area (TPSA) is 169 Å². The Balaban J connectivity index is 0.734. The smallest absolute Gasteiger partial charge is 0.246 e. The monoisotopic (exact) mass is 946 g/mol. The van der Waals surface area contributed by atoms with Gasteiger partial charge in [0.2, 0.25) is 17.7 Å². The van der Waals surface area contributed by atoms with E-state index in [1.807, 2.05) is 70.6 Å². The fourth-order valence-corrected chi connectivity index (χ4v) is 11.0. The van der Waals surface area contributed by atoms with Crippen LogP contribution in [0.5, 0.6) is 0 Å². The van der Waals surface area contributed by atoms with Crippen LogP contribution in [0, 0.1) is 19.3 Å². The Bertz CT molecular complexity index is 2480. The number of hydrogen-bond acceptors (Lipinski definition) is 11. The van der Waals surface area contributed by atoms with Crippen LogP contribution in [0.15, 0.2) is 66.4 Å². The second kappa shape index (κ2) is 22.1. The Kier molecular flexibility index (Phi) is 16.1. The third kappa shape index (κ3) is 12.2. The molecule has 3 aromatic heterocycles. The minimum Gasteiger partial charge on any atom is -0.393 e. The third-order valence-corrected chi connectivity index (χ3v) is 15.2. The van der Waals surface area contributed by atoms with Crippen LogP contribution < -0.4 is 10.6 Å². The van der Waals surface area contributed by atoms with Crippen LogP contribution >= 0.6 is 11.3 Å². The Labute approximate surface area is 405 Å². The number of benzene rings is 2. The number of carbonyl (C=O) groups is 3. The van der Waals surface area contributed by atoms with Crippen molar-refractivity contribution in [3.05, 3.63) is 89.1 Å². The number of carbonyl (C=O) groups excluding carboxylic acids is 3. The summed E-state index contributed by atoms with van der Waals surface area (Å²) < 4.78 is 2.32. The summed E-state index contributed by atoms with van der Waals surface area (Å²) in [6, 6.07) is 15.6. The minimum atomic E-state index is -0.834. The van der Waals surface area contributed by atoms with Crippen molar-refractivity contribution in [3.63, 3.8) is 0 Å². The molecule has 8 rings (SSSR count). The van der Waals surface area contributed by atoms with E-state index in [0.29, 0.717) is 19.0 Å². The van der Waals surface area contributed by atoms with Gasteiger partial charge in [0.25, 0.3) is 0 Å². The maximum Gasteiger partial charge on any atom is 0.246 e. The van der Waals surface area contributed by atoms with E-state index in [9.17, 15) is 24.6 Å². The van der Waals surface area contributed by atoms with E-state index in [-0.39, 0.29) is 36.8 Å². The van der Waals surface area contributed by atoms with E-state index < -0.39 is 23.6 Å². The normalized spacial score (nSPS) is 21.0. The van der Waals surface area contributed by atoms with Gasteiger partial charge in [-0.1, -0.05) is 82.1 Å². The van der Waals surface area contributed by atoms with Crippen LogP contribution in [0.2, 0.25) is 0 Å². The molecule has 2 aromatic carbocycles. The highest BCUT2D eigenvalue weighted by Gasteiger charge is 2.44. The molecule has 3 atom stereocenters. The molecular formula is C53H71N9O5S. The zero-order valence-electron chi connectivity index (χ0n) is 40.6. The molecule has 0 spiro atoms. The van der Waals surface area contributed by atoms with E-state index in [2.05, 4.69) is 65.4 Å². The number of amides is 3. The summed E-state index contributed by atoms with van der Waals surface area (Å²) in [5, 5.41) is 27.8. The number of β-amino-alcohol motifs (C(OH)–C–C–N with tert-alkyl or cyclic N) is 1. The van der Waals surface area contributed by atoms with Crippen molar-refractivity contribution in [2.24, 2.45) is 5.41 Å². The van der Waals surface area contributed by atoms with Crippen molar-refractivity contribution in [2.75, 3.05) is 39.3 Å². The summed E-state index contributed by atoms with van der Waals surface area (Å²) in [7, 11) is 0. The fourth-order valence-electron chi connectivity index (χ4n) is 10.2. The average Bonchev–Trinajstić information content (AvgIpc) is 4.05. The molecule has 3 aliphatic rings. The molecule has 5 heterocycles. The number of aliphatic hydroxyl groups is 2. The number of hydrogen-bond donors (Lipinski definition) is 4. The molecule has 15 heteroatoms. The molecular weight excluding hydrogens is 875 g/mol. The molecule has 3 amide bonds. The molecule has 2 saturated heterocycles. The first-order chi connectivity index (χ1) is 32.7. The summed E-state index contributed by atoms with van der Waals surface area (Å²) in [6.45, 7) is 16.1. The number of unbranched alkanes of at least 4 members (excludes halogenated alkanes) is 3. The lowest BCUT2D eigenvalue weighted by molar-refractivity contribution is -0.144. The van der Waals surface area contributed by atoms with Gasteiger partial charge in [0.15, 0.2) is 0 Å². The van der Waals surface area contributed by atoms with E-state index in [0.717, 1.165) is 135 Å². The lowest BCUT2D eigenvalue weighted by Crippen LogP contribution is -2.57. The zero-order chi connectivity index (χ0) is 48.0. The number of aliphatic hydroxyl groups excluding tert-OH is 2. The predicted octanol–water partition coefficient (Wildman–Crippen LogP) is 7.19. The maximum atomic E-state index is 14.1. The number of thiazole rings is 1. The number of piperazine rings is 1. The number of fused-ring (bicyclic) bond motifs is 1. The van der Waals surface area contributed by atoms with Crippen molar-refractivity contribution in [1.29, 1.82) is 0 Å². The van der Waals surface area contributed by atoms with Crippen molar-refractivity contribution in [3.8, 4) is 21.6 Å². The lowest BCUT2D eigenvalue weighted by Gasteiger charge is -2.35. The molecule has 1 saturated carbocycles. The van der Waals surface area contributed by atoms with Gasteiger partial charge < -0.3 is 35.2 Å². The number of aryl methyl sites for hydroxylation is 2. The molecule has 0 bridgehead atoms. The largest absolute Gasteiger partial charge is 0.393 e. The molecule has 0 radical (unpaired) electrons. The molecule has 1 aliphatic carbocycles. The van der Waals surface area contributed by atoms with Crippen molar-refractivity contribution >= 4 is 40.1 Å². The van der Waals surface area contributed by atoms with Crippen LogP contribution in [-0.2, 0) is 27.5 Å². The molecule has 0 unspecified atom stereocenters. The van der Waals surface area contributed by atoms with E-state index in [4.69, 9.17) is 4.98 Å². The first kappa shape index (κ1) is 49.4. The molecule has 364 valence electrons. The molecule has 68 heavy (non-hydrogen) atoms. The van der Waals surface area contributed by atoms with Gasteiger partial charge in [0.1, 0.15) is 23.6 Å². The lowest BCUT2D eigenvalue weighted by atomic mass is 9.85. The SMILES string of the molecule is Cc1ncc2c(-c3ccc(CN4CCN(CCCCCCC(=O)N[C@H](C(=O)N5C[C@H](O)C[C@H]5C(=O)NCc5ccc(-c6scnc6C)cc5)C(C)(C)C)CC4)cc3)cn(C3CCC(O)CC3)c2n1. The summed E-state index contributed by atoms with van der Waals surface area (Å²) in [4.78, 5) is 62.2. The summed E-state index contributed by atoms with van der Waals surface area (Å²) in [5.41, 5.74) is 8.82. The van der Waals surface area contributed by atoms with E-state index >= 15 is 0 Å². The van der Waals surface area contributed by atoms with Gasteiger partial charge >= 0.3 is 0 Å². The Morgan fingerprint density at radius 2 is 1.50 bits per heavy atom. The molecule has 14 nitrogen and oxygen atoms in total. The number of aromatic nitrogens is 4. The molecule has 4 N–H and O–H groups in total. The summed E-state index contributed by atoms with van der Waals surface area (Å²) >= 11 is 1.59. The van der Waals surface area contributed by atoms with Gasteiger partial charge in [-0.05, 0) is 86.6 Å². The number of rotatable bonds is 17. The molecule has 3 fully saturated rings. The predicted molar refractivity (Wildman–Crippen MR) is 268 cm³/mol. The Hall–Kier alpha value is -5.06. The van der Waals surface area contributed by atoms with Gasteiger partial charge in [-0.3, -0.25) is 19.3 Å². The van der Waals surface area contributed by atoms with Crippen LogP contribution in [0.1, 0.15) is 114 Å². The van der Waals surface area contributed by atoms with Crippen LogP contribution in [0.25, 0.3) is 32.6 Å². The van der Waals surface area contributed by atoms with Crippen LogP contribution in [0.3, 0.4) is 0 Å². The van der Waals surface area contributed by atoms with E-state index in [1.54, 1.807) is 11.3 Å². The van der Waals surface area contributed by atoms with Gasteiger partial charge in [0, 0.05) is 88.0 Å². The van der Waals surface area contributed by atoms with Crippen molar-refractivity contribution in [1.82, 2.24) is 44.9 Å². The van der Waals surface area contributed by atoms with Gasteiger partial charge in [-0.25, -0.2) is 15.0 Å². The van der Waals surface area contributed by atoms with Crippen molar-refractivity contribution in [2.45, 2.75) is 142 Å². The van der Waals surface area contributed by atoms with Gasteiger partial charge in [-0.15, -0.1) is 11.3 Å². The second-order valence-corrected chi connectivity index (χ2v) is 21.3. The highest BCUT2D eigenvalue weighted by Crippen LogP contribution is 2.37. The Morgan fingerprint density at radius 3 is 2.19 bits per heavy atom. The quantitative estimate of drug-likeness (QED) is 0.0701.